The van der Waals surface area contributed by atoms with Gasteiger partial charge in [0.15, 0.2) is 5.65 Å². The monoisotopic (exact) mass is 393 g/mol. The molecule has 1 amide bonds. The lowest BCUT2D eigenvalue weighted by Crippen LogP contribution is -2.36. The number of benzene rings is 1. The maximum absolute atomic E-state index is 12.7. The summed E-state index contributed by atoms with van der Waals surface area (Å²) in [6, 6.07) is 10.3. The van der Waals surface area contributed by atoms with Gasteiger partial charge in [-0.3, -0.25) is 9.69 Å². The fraction of sp³-hybridized carbons (Fsp3) is 0.409. The fourth-order valence-electron chi connectivity index (χ4n) is 3.60. The lowest BCUT2D eigenvalue weighted by Gasteiger charge is -2.27. The molecule has 1 saturated heterocycles. The molecular formula is C22H27N5O2. The van der Waals surface area contributed by atoms with Crippen molar-refractivity contribution in [2.75, 3.05) is 26.3 Å². The van der Waals surface area contributed by atoms with Gasteiger partial charge < -0.3 is 10.1 Å². The molecule has 0 unspecified atom stereocenters. The number of nitrogens with zero attached hydrogens (tertiary/aromatic N) is 4. The van der Waals surface area contributed by atoms with Crippen LogP contribution < -0.4 is 5.32 Å². The van der Waals surface area contributed by atoms with Crippen molar-refractivity contribution in [2.45, 2.75) is 33.0 Å². The first-order valence-corrected chi connectivity index (χ1v) is 10.1. The largest absolute Gasteiger partial charge is 0.379 e. The van der Waals surface area contributed by atoms with Crippen LogP contribution in [-0.2, 0) is 17.8 Å². The molecule has 0 aliphatic carbocycles. The Hall–Kier alpha value is -2.77. The van der Waals surface area contributed by atoms with Crippen LogP contribution in [-0.4, -0.2) is 51.9 Å². The second-order valence-corrected chi connectivity index (χ2v) is 7.66. The third kappa shape index (κ3) is 4.46. The van der Waals surface area contributed by atoms with E-state index in [1.165, 1.54) is 5.56 Å². The topological polar surface area (TPSA) is 72.3 Å². The molecule has 2 aromatic heterocycles. The zero-order valence-corrected chi connectivity index (χ0v) is 17.0. The highest BCUT2D eigenvalue weighted by atomic mass is 16.5. The summed E-state index contributed by atoms with van der Waals surface area (Å²) in [5.41, 5.74) is 3.72. The van der Waals surface area contributed by atoms with E-state index in [2.05, 4.69) is 46.3 Å². The van der Waals surface area contributed by atoms with Gasteiger partial charge in [0.2, 0.25) is 0 Å². The van der Waals surface area contributed by atoms with Crippen molar-refractivity contribution in [3.05, 3.63) is 59.4 Å². The Morgan fingerprint density at radius 3 is 2.69 bits per heavy atom. The number of morpholine rings is 1. The second-order valence-electron chi connectivity index (χ2n) is 7.66. The predicted molar refractivity (Wildman–Crippen MR) is 112 cm³/mol. The van der Waals surface area contributed by atoms with Crippen LogP contribution in [0.5, 0.6) is 0 Å². The van der Waals surface area contributed by atoms with Crippen molar-refractivity contribution in [3.8, 4) is 0 Å². The Morgan fingerprint density at radius 2 is 1.93 bits per heavy atom. The molecule has 3 aromatic rings. The van der Waals surface area contributed by atoms with Crippen molar-refractivity contribution >= 4 is 16.9 Å². The van der Waals surface area contributed by atoms with Gasteiger partial charge in [-0.25, -0.2) is 9.67 Å². The first-order chi connectivity index (χ1) is 14.1. The minimum atomic E-state index is -0.127. The standard InChI is InChI=1S/C22H27N5O2/c1-16(2)27-21-19(14-25-27)11-20(13-23-21)22(28)24-12-17-5-3-4-6-18(17)15-26-7-9-29-10-8-26/h3-6,11,13-14,16H,7-10,12,15H2,1-2H3,(H,24,28). The van der Waals surface area contributed by atoms with E-state index in [9.17, 15) is 4.79 Å². The maximum atomic E-state index is 12.7. The SMILES string of the molecule is CC(C)n1ncc2cc(C(=O)NCc3ccccc3CN3CCOCC3)cnc21. The molecule has 0 radical (unpaired) electrons. The molecule has 0 bridgehead atoms. The van der Waals surface area contributed by atoms with E-state index >= 15 is 0 Å². The van der Waals surface area contributed by atoms with Crippen LogP contribution >= 0.6 is 0 Å². The lowest BCUT2D eigenvalue weighted by molar-refractivity contribution is 0.0340. The van der Waals surface area contributed by atoms with Gasteiger partial charge in [0, 0.05) is 43.8 Å². The van der Waals surface area contributed by atoms with Gasteiger partial charge in [0.1, 0.15) is 0 Å². The third-order valence-corrected chi connectivity index (χ3v) is 5.24. The minimum Gasteiger partial charge on any atom is -0.379 e. The van der Waals surface area contributed by atoms with E-state index in [0.717, 1.165) is 49.4 Å². The lowest BCUT2D eigenvalue weighted by atomic mass is 10.1. The molecule has 4 rings (SSSR count). The van der Waals surface area contributed by atoms with Gasteiger partial charge in [-0.05, 0) is 31.0 Å². The first-order valence-electron chi connectivity index (χ1n) is 10.1. The van der Waals surface area contributed by atoms with Crippen molar-refractivity contribution < 1.29 is 9.53 Å². The molecule has 1 aliphatic heterocycles. The molecule has 0 saturated carbocycles. The van der Waals surface area contributed by atoms with Crippen LogP contribution in [0.15, 0.2) is 42.7 Å². The molecule has 7 nitrogen and oxygen atoms in total. The van der Waals surface area contributed by atoms with Crippen molar-refractivity contribution in [2.24, 2.45) is 0 Å². The van der Waals surface area contributed by atoms with E-state index < -0.39 is 0 Å². The summed E-state index contributed by atoms with van der Waals surface area (Å²) in [5, 5.41) is 8.28. The summed E-state index contributed by atoms with van der Waals surface area (Å²) in [4.78, 5) is 19.5. The normalized spacial score (nSPS) is 15.1. The fourth-order valence-corrected chi connectivity index (χ4v) is 3.60. The van der Waals surface area contributed by atoms with Crippen molar-refractivity contribution in [1.82, 2.24) is 25.0 Å². The van der Waals surface area contributed by atoms with E-state index in [1.54, 1.807) is 12.4 Å². The molecule has 7 heteroatoms. The van der Waals surface area contributed by atoms with Crippen molar-refractivity contribution in [3.63, 3.8) is 0 Å². The molecule has 1 aliphatic rings. The van der Waals surface area contributed by atoms with Crippen LogP contribution in [0.25, 0.3) is 11.0 Å². The summed E-state index contributed by atoms with van der Waals surface area (Å²) in [7, 11) is 0. The molecule has 29 heavy (non-hydrogen) atoms. The molecule has 1 N–H and O–H groups in total. The van der Waals surface area contributed by atoms with E-state index in [1.807, 2.05) is 22.9 Å². The van der Waals surface area contributed by atoms with E-state index in [4.69, 9.17) is 4.74 Å². The van der Waals surface area contributed by atoms with Crippen LogP contribution in [0.3, 0.4) is 0 Å². The number of hydrogen-bond donors (Lipinski definition) is 1. The zero-order chi connectivity index (χ0) is 20.2. The Labute approximate surface area is 170 Å². The van der Waals surface area contributed by atoms with Crippen LogP contribution in [0.1, 0.15) is 41.4 Å². The van der Waals surface area contributed by atoms with Gasteiger partial charge in [-0.1, -0.05) is 24.3 Å². The highest BCUT2D eigenvalue weighted by molar-refractivity contribution is 5.96. The zero-order valence-electron chi connectivity index (χ0n) is 17.0. The number of carbonyl (C=O) groups excluding carboxylic acids is 1. The summed E-state index contributed by atoms with van der Waals surface area (Å²) in [6.45, 7) is 8.92. The number of pyridine rings is 1. The Balaban J connectivity index is 1.44. The van der Waals surface area contributed by atoms with Crippen LogP contribution in [0, 0.1) is 0 Å². The van der Waals surface area contributed by atoms with Gasteiger partial charge in [-0.15, -0.1) is 0 Å². The number of ether oxygens (including phenoxy) is 1. The number of rotatable bonds is 6. The average molecular weight is 393 g/mol. The Bertz CT molecular complexity index is 992. The third-order valence-electron chi connectivity index (χ3n) is 5.24. The van der Waals surface area contributed by atoms with E-state index in [-0.39, 0.29) is 11.9 Å². The van der Waals surface area contributed by atoms with E-state index in [0.29, 0.717) is 12.1 Å². The molecule has 0 spiro atoms. The van der Waals surface area contributed by atoms with Gasteiger partial charge in [-0.2, -0.15) is 5.10 Å². The quantitative estimate of drug-likeness (QED) is 0.697. The highest BCUT2D eigenvalue weighted by Crippen LogP contribution is 2.17. The van der Waals surface area contributed by atoms with Gasteiger partial charge in [0.05, 0.1) is 25.0 Å². The minimum absolute atomic E-state index is 0.127. The van der Waals surface area contributed by atoms with Gasteiger partial charge in [0.25, 0.3) is 5.91 Å². The molecule has 1 aromatic carbocycles. The number of carbonyl (C=O) groups is 1. The molecule has 0 atom stereocenters. The smallest absolute Gasteiger partial charge is 0.253 e. The molecule has 1 fully saturated rings. The molecular weight excluding hydrogens is 366 g/mol. The maximum Gasteiger partial charge on any atom is 0.253 e. The van der Waals surface area contributed by atoms with Crippen LogP contribution in [0.2, 0.25) is 0 Å². The van der Waals surface area contributed by atoms with Crippen molar-refractivity contribution in [1.29, 1.82) is 0 Å². The number of aromatic nitrogens is 3. The number of amides is 1. The Kier molecular flexibility index (Phi) is 5.87. The second kappa shape index (κ2) is 8.71. The highest BCUT2D eigenvalue weighted by Gasteiger charge is 2.14. The number of hydrogen-bond acceptors (Lipinski definition) is 5. The Morgan fingerprint density at radius 1 is 1.17 bits per heavy atom. The summed E-state index contributed by atoms with van der Waals surface area (Å²) in [6.07, 6.45) is 3.38. The predicted octanol–water partition coefficient (Wildman–Crippen LogP) is 2.77. The first kappa shape index (κ1) is 19.5. The summed E-state index contributed by atoms with van der Waals surface area (Å²) in [5.74, 6) is -0.127. The van der Waals surface area contributed by atoms with Gasteiger partial charge >= 0.3 is 0 Å². The molecule has 3 heterocycles. The summed E-state index contributed by atoms with van der Waals surface area (Å²) >= 11 is 0. The molecule has 152 valence electrons. The summed E-state index contributed by atoms with van der Waals surface area (Å²) < 4.78 is 7.29. The average Bonchev–Trinajstić information content (AvgIpc) is 3.17. The number of fused-ring (bicyclic) bond motifs is 1. The van der Waals surface area contributed by atoms with Crippen LogP contribution in [0.4, 0.5) is 0 Å². The number of nitrogens with one attached hydrogen (secondary N) is 1.